The molecule has 1 atom stereocenters. The topological polar surface area (TPSA) is 68.7 Å². The smallest absolute Gasteiger partial charge is 0.213 e. The van der Waals surface area contributed by atoms with Gasteiger partial charge in [-0.1, -0.05) is 24.3 Å². The lowest BCUT2D eigenvalue weighted by atomic mass is 9.94. The van der Waals surface area contributed by atoms with Gasteiger partial charge in [-0.15, -0.1) is 0 Å². The number of carbonyl (C=O) groups excluding carboxylic acids is 1. The van der Waals surface area contributed by atoms with Gasteiger partial charge in [-0.05, 0) is 66.8 Å². The van der Waals surface area contributed by atoms with Crippen LogP contribution in [0.4, 0.5) is 0 Å². The number of benzene rings is 2. The molecule has 0 aliphatic carbocycles. The minimum Gasteiger partial charge on any atom is -0.493 e. The van der Waals surface area contributed by atoms with Gasteiger partial charge in [-0.2, -0.15) is 0 Å². The van der Waals surface area contributed by atoms with Gasteiger partial charge in [-0.25, -0.2) is 4.98 Å². The Labute approximate surface area is 177 Å². The van der Waals surface area contributed by atoms with Crippen LogP contribution >= 0.6 is 0 Å². The Balaban J connectivity index is 1.74. The summed E-state index contributed by atoms with van der Waals surface area (Å²) in [5, 5.41) is 9.37. The molecule has 156 valence electrons. The van der Waals surface area contributed by atoms with Gasteiger partial charge in [-0.3, -0.25) is 4.79 Å². The van der Waals surface area contributed by atoms with Crippen molar-refractivity contribution in [2.45, 2.75) is 39.9 Å². The number of pyridine rings is 1. The summed E-state index contributed by atoms with van der Waals surface area (Å²) >= 11 is 0. The zero-order chi connectivity index (χ0) is 21.5. The Kier molecular flexibility index (Phi) is 7.20. The molecule has 0 saturated heterocycles. The van der Waals surface area contributed by atoms with E-state index in [-0.39, 0.29) is 6.10 Å². The second-order valence-electron chi connectivity index (χ2n) is 7.39. The summed E-state index contributed by atoms with van der Waals surface area (Å²) in [5.41, 5.74) is 6.16. The second kappa shape index (κ2) is 10.0. The molecule has 3 rings (SSSR count). The molecule has 0 unspecified atom stereocenters. The molecule has 1 heterocycles. The SMILES string of the molecule is Cc1cc(OCC[C@H](C)O)ccc1-c1cccc(COc2ccc(C=O)cn2)c1C. The first-order valence-corrected chi connectivity index (χ1v) is 10.0. The molecule has 0 spiro atoms. The monoisotopic (exact) mass is 405 g/mol. The first-order valence-electron chi connectivity index (χ1n) is 10.0. The number of aldehydes is 1. The fraction of sp³-hybridized carbons (Fsp3) is 0.280. The van der Waals surface area contributed by atoms with Crippen LogP contribution in [0, 0.1) is 13.8 Å². The van der Waals surface area contributed by atoms with Crippen molar-refractivity contribution in [3.63, 3.8) is 0 Å². The fourth-order valence-corrected chi connectivity index (χ4v) is 3.21. The van der Waals surface area contributed by atoms with Crippen LogP contribution in [-0.4, -0.2) is 29.1 Å². The standard InChI is InChI=1S/C25H27NO4/c1-17-13-22(29-12-11-18(2)28)8-9-23(17)24-6-4-5-21(19(24)3)16-30-25-10-7-20(15-27)14-26-25/h4-10,13-15,18,28H,11-12,16H2,1-3H3/t18-/m0/s1. The van der Waals surface area contributed by atoms with Gasteiger partial charge in [0, 0.05) is 24.2 Å². The molecule has 3 aromatic rings. The van der Waals surface area contributed by atoms with Crippen LogP contribution in [0.2, 0.25) is 0 Å². The predicted molar refractivity (Wildman–Crippen MR) is 117 cm³/mol. The molecule has 0 bridgehead atoms. The highest BCUT2D eigenvalue weighted by atomic mass is 16.5. The Morgan fingerprint density at radius 1 is 1.07 bits per heavy atom. The van der Waals surface area contributed by atoms with Crippen molar-refractivity contribution in [2.75, 3.05) is 6.61 Å². The van der Waals surface area contributed by atoms with Crippen molar-refractivity contribution >= 4 is 6.29 Å². The van der Waals surface area contributed by atoms with E-state index in [1.807, 2.05) is 24.3 Å². The van der Waals surface area contributed by atoms with E-state index in [1.54, 1.807) is 19.1 Å². The van der Waals surface area contributed by atoms with Gasteiger partial charge in [0.05, 0.1) is 12.7 Å². The minimum atomic E-state index is -0.365. The van der Waals surface area contributed by atoms with Gasteiger partial charge in [0.25, 0.3) is 0 Å². The molecule has 0 fully saturated rings. The number of aliphatic hydroxyl groups excluding tert-OH is 1. The number of aryl methyl sites for hydroxylation is 1. The number of ether oxygens (including phenoxy) is 2. The summed E-state index contributed by atoms with van der Waals surface area (Å²) < 4.78 is 11.5. The quantitative estimate of drug-likeness (QED) is 0.513. The van der Waals surface area contributed by atoms with Crippen LogP contribution in [-0.2, 0) is 6.61 Å². The number of carbonyl (C=O) groups is 1. The van der Waals surface area contributed by atoms with E-state index in [4.69, 9.17) is 9.47 Å². The van der Waals surface area contributed by atoms with Crippen LogP contribution in [0.1, 0.15) is 40.4 Å². The number of rotatable bonds is 9. The van der Waals surface area contributed by atoms with Gasteiger partial charge >= 0.3 is 0 Å². The lowest BCUT2D eigenvalue weighted by Gasteiger charge is -2.15. The van der Waals surface area contributed by atoms with Crippen LogP contribution in [0.25, 0.3) is 11.1 Å². The lowest BCUT2D eigenvalue weighted by Crippen LogP contribution is -2.07. The van der Waals surface area contributed by atoms with Crippen molar-refractivity contribution < 1.29 is 19.4 Å². The normalized spacial score (nSPS) is 11.7. The maximum absolute atomic E-state index is 10.7. The molecule has 0 aliphatic rings. The third kappa shape index (κ3) is 5.45. The fourth-order valence-electron chi connectivity index (χ4n) is 3.21. The summed E-state index contributed by atoms with van der Waals surface area (Å²) in [6, 6.07) is 15.6. The molecule has 30 heavy (non-hydrogen) atoms. The highest BCUT2D eigenvalue weighted by Crippen LogP contribution is 2.31. The van der Waals surface area contributed by atoms with Crippen molar-refractivity contribution in [2.24, 2.45) is 0 Å². The number of nitrogens with zero attached hydrogens (tertiary/aromatic N) is 1. The van der Waals surface area contributed by atoms with Crippen molar-refractivity contribution in [1.82, 2.24) is 4.98 Å². The Bertz CT molecular complexity index is 997. The number of hydrogen-bond acceptors (Lipinski definition) is 5. The van der Waals surface area contributed by atoms with E-state index >= 15 is 0 Å². The molecule has 5 heteroatoms. The van der Waals surface area contributed by atoms with Gasteiger partial charge in [0.2, 0.25) is 5.88 Å². The van der Waals surface area contributed by atoms with Crippen LogP contribution in [0.15, 0.2) is 54.7 Å². The minimum absolute atomic E-state index is 0.365. The molecule has 5 nitrogen and oxygen atoms in total. The molecule has 1 N–H and O–H groups in total. The van der Waals surface area contributed by atoms with E-state index in [9.17, 15) is 9.90 Å². The van der Waals surface area contributed by atoms with Crippen LogP contribution < -0.4 is 9.47 Å². The average molecular weight is 405 g/mol. The van der Waals surface area contributed by atoms with E-state index in [0.717, 1.165) is 39.9 Å². The third-order valence-electron chi connectivity index (χ3n) is 5.01. The van der Waals surface area contributed by atoms with E-state index in [1.165, 1.54) is 6.20 Å². The summed E-state index contributed by atoms with van der Waals surface area (Å²) in [5.74, 6) is 1.29. The number of aromatic nitrogens is 1. The Hall–Kier alpha value is -3.18. The zero-order valence-corrected chi connectivity index (χ0v) is 17.6. The maximum Gasteiger partial charge on any atom is 0.213 e. The first kappa shape index (κ1) is 21.5. The molecule has 0 amide bonds. The number of hydrogen-bond donors (Lipinski definition) is 1. The van der Waals surface area contributed by atoms with Crippen LogP contribution in [0.3, 0.4) is 0 Å². The number of aliphatic hydroxyl groups is 1. The van der Waals surface area contributed by atoms with E-state index < -0.39 is 0 Å². The Morgan fingerprint density at radius 2 is 1.90 bits per heavy atom. The largest absolute Gasteiger partial charge is 0.493 e. The predicted octanol–water partition coefficient (Wildman–Crippen LogP) is 4.91. The van der Waals surface area contributed by atoms with Crippen molar-refractivity contribution in [1.29, 1.82) is 0 Å². The summed E-state index contributed by atoms with van der Waals surface area (Å²) in [6.45, 7) is 6.80. The van der Waals surface area contributed by atoms with Crippen molar-refractivity contribution in [3.8, 4) is 22.8 Å². The summed E-state index contributed by atoms with van der Waals surface area (Å²) in [4.78, 5) is 14.9. The van der Waals surface area contributed by atoms with E-state index in [2.05, 4.69) is 31.0 Å². The molecule has 1 aromatic heterocycles. The lowest BCUT2D eigenvalue weighted by molar-refractivity contribution is 0.112. The molecule has 0 radical (unpaired) electrons. The molecule has 0 aliphatic heterocycles. The first-order chi connectivity index (χ1) is 14.5. The zero-order valence-electron chi connectivity index (χ0n) is 17.6. The molecular formula is C25H27NO4. The van der Waals surface area contributed by atoms with Gasteiger partial charge in [0.15, 0.2) is 6.29 Å². The maximum atomic E-state index is 10.7. The summed E-state index contributed by atoms with van der Waals surface area (Å²) in [7, 11) is 0. The van der Waals surface area contributed by atoms with E-state index in [0.29, 0.717) is 31.1 Å². The van der Waals surface area contributed by atoms with Gasteiger partial charge in [0.1, 0.15) is 12.4 Å². The summed E-state index contributed by atoms with van der Waals surface area (Å²) in [6.07, 6.45) is 2.50. The molecular weight excluding hydrogens is 378 g/mol. The highest BCUT2D eigenvalue weighted by Gasteiger charge is 2.10. The third-order valence-corrected chi connectivity index (χ3v) is 5.01. The van der Waals surface area contributed by atoms with Crippen LogP contribution in [0.5, 0.6) is 11.6 Å². The van der Waals surface area contributed by atoms with Gasteiger partial charge < -0.3 is 14.6 Å². The highest BCUT2D eigenvalue weighted by molar-refractivity contribution is 5.74. The molecule has 0 saturated carbocycles. The second-order valence-corrected chi connectivity index (χ2v) is 7.39. The average Bonchev–Trinajstić information content (AvgIpc) is 2.74. The van der Waals surface area contributed by atoms with Crippen molar-refractivity contribution in [3.05, 3.63) is 77.0 Å². The Morgan fingerprint density at radius 3 is 2.57 bits per heavy atom. The molecule has 2 aromatic carbocycles.